The molecule has 0 bridgehead atoms. The van der Waals surface area contributed by atoms with Crippen molar-refractivity contribution in [1.82, 2.24) is 5.32 Å². The van der Waals surface area contributed by atoms with E-state index in [0.29, 0.717) is 0 Å². The standard InChI is InChI=1S/C19H20N2O.ClH/c22-19(16-7-3-9-17-15(16)8-4-12-20-17)21-18-11-10-13-5-1-2-6-14(13)18;/h1-3,5-7,9,18,20H,4,8,10-12H2,(H,21,22);1H. The van der Waals surface area contributed by atoms with E-state index in [4.69, 9.17) is 0 Å². The van der Waals surface area contributed by atoms with E-state index in [9.17, 15) is 4.79 Å². The van der Waals surface area contributed by atoms with Crippen molar-refractivity contribution in [3.63, 3.8) is 0 Å². The minimum absolute atomic E-state index is 0. The molecule has 1 aliphatic heterocycles. The molecular weight excluding hydrogens is 308 g/mol. The number of nitrogens with one attached hydrogen (secondary N) is 2. The third-order valence-electron chi connectivity index (χ3n) is 4.78. The molecule has 3 nitrogen and oxygen atoms in total. The number of aryl methyl sites for hydroxylation is 1. The number of carbonyl (C=O) groups excluding carboxylic acids is 1. The fraction of sp³-hybridized carbons (Fsp3) is 0.316. The van der Waals surface area contributed by atoms with Crippen LogP contribution < -0.4 is 10.6 Å². The van der Waals surface area contributed by atoms with E-state index in [1.54, 1.807) is 0 Å². The maximum absolute atomic E-state index is 12.7. The minimum atomic E-state index is 0. The first-order valence-electron chi connectivity index (χ1n) is 8.07. The fourth-order valence-corrected chi connectivity index (χ4v) is 3.67. The molecule has 23 heavy (non-hydrogen) atoms. The molecule has 1 atom stereocenters. The highest BCUT2D eigenvalue weighted by atomic mass is 35.5. The molecule has 0 spiro atoms. The molecule has 0 radical (unpaired) electrons. The van der Waals surface area contributed by atoms with Crippen molar-refractivity contribution >= 4 is 24.0 Å². The van der Waals surface area contributed by atoms with Gasteiger partial charge in [-0.2, -0.15) is 0 Å². The molecule has 2 aromatic rings. The number of halogens is 1. The first-order valence-corrected chi connectivity index (χ1v) is 8.07. The van der Waals surface area contributed by atoms with Gasteiger partial charge in [0, 0.05) is 17.8 Å². The van der Waals surface area contributed by atoms with Crippen LogP contribution in [0.15, 0.2) is 42.5 Å². The third kappa shape index (κ3) is 2.93. The van der Waals surface area contributed by atoms with Gasteiger partial charge in [0.25, 0.3) is 5.91 Å². The maximum Gasteiger partial charge on any atom is 0.252 e. The lowest BCUT2D eigenvalue weighted by Crippen LogP contribution is -2.29. The predicted octanol–water partition coefficient (Wildman–Crippen LogP) is 3.88. The predicted molar refractivity (Wildman–Crippen MR) is 95.5 cm³/mol. The number of hydrogen-bond acceptors (Lipinski definition) is 2. The van der Waals surface area contributed by atoms with E-state index >= 15 is 0 Å². The molecule has 0 fully saturated rings. The SMILES string of the molecule is Cl.O=C(NC1CCc2ccccc21)c1cccc2c1CCCN2. The van der Waals surface area contributed by atoms with Crippen molar-refractivity contribution in [1.29, 1.82) is 0 Å². The second-order valence-electron chi connectivity index (χ2n) is 6.13. The number of carbonyl (C=O) groups is 1. The Bertz CT molecular complexity index is 729. The van der Waals surface area contributed by atoms with Crippen LogP contribution in [0.3, 0.4) is 0 Å². The molecule has 120 valence electrons. The molecule has 1 aliphatic carbocycles. The van der Waals surface area contributed by atoms with E-state index in [-0.39, 0.29) is 24.4 Å². The first kappa shape index (κ1) is 15.9. The average Bonchev–Trinajstić information content (AvgIpc) is 2.97. The average molecular weight is 329 g/mol. The summed E-state index contributed by atoms with van der Waals surface area (Å²) in [6, 6.07) is 14.5. The summed E-state index contributed by atoms with van der Waals surface area (Å²) in [6.07, 6.45) is 4.12. The van der Waals surface area contributed by atoms with Gasteiger partial charge in [0.1, 0.15) is 0 Å². The van der Waals surface area contributed by atoms with Crippen LogP contribution in [-0.2, 0) is 12.8 Å². The Kier molecular flexibility index (Phi) is 4.58. The molecule has 4 rings (SSSR count). The lowest BCUT2D eigenvalue weighted by Gasteiger charge is -2.22. The van der Waals surface area contributed by atoms with Gasteiger partial charge in [-0.1, -0.05) is 30.3 Å². The molecule has 1 unspecified atom stereocenters. The van der Waals surface area contributed by atoms with Crippen molar-refractivity contribution in [2.75, 3.05) is 11.9 Å². The number of hydrogen-bond donors (Lipinski definition) is 2. The van der Waals surface area contributed by atoms with Gasteiger partial charge in [-0.25, -0.2) is 0 Å². The number of benzene rings is 2. The summed E-state index contributed by atoms with van der Waals surface area (Å²) >= 11 is 0. The summed E-state index contributed by atoms with van der Waals surface area (Å²) < 4.78 is 0. The molecule has 2 aliphatic rings. The van der Waals surface area contributed by atoms with Gasteiger partial charge in [-0.3, -0.25) is 4.79 Å². The Morgan fingerprint density at radius 2 is 1.96 bits per heavy atom. The monoisotopic (exact) mass is 328 g/mol. The minimum Gasteiger partial charge on any atom is -0.385 e. The van der Waals surface area contributed by atoms with Crippen molar-refractivity contribution in [2.24, 2.45) is 0 Å². The summed E-state index contributed by atoms with van der Waals surface area (Å²) in [6.45, 7) is 0.994. The fourth-order valence-electron chi connectivity index (χ4n) is 3.67. The van der Waals surface area contributed by atoms with Crippen LogP contribution in [0.25, 0.3) is 0 Å². The van der Waals surface area contributed by atoms with Gasteiger partial charge in [0.2, 0.25) is 0 Å². The highest BCUT2D eigenvalue weighted by molar-refractivity contribution is 5.97. The van der Waals surface area contributed by atoms with Crippen LogP contribution in [0.5, 0.6) is 0 Å². The number of anilines is 1. The van der Waals surface area contributed by atoms with Gasteiger partial charge in [0.05, 0.1) is 6.04 Å². The Labute approximate surface area is 142 Å². The number of rotatable bonds is 2. The summed E-state index contributed by atoms with van der Waals surface area (Å²) in [5, 5.41) is 6.62. The summed E-state index contributed by atoms with van der Waals surface area (Å²) in [5.74, 6) is 0.0576. The van der Waals surface area contributed by atoms with Gasteiger partial charge in [-0.05, 0) is 54.5 Å². The first-order chi connectivity index (χ1) is 10.8. The zero-order valence-corrected chi connectivity index (χ0v) is 13.8. The van der Waals surface area contributed by atoms with E-state index in [2.05, 4.69) is 41.0 Å². The zero-order valence-electron chi connectivity index (χ0n) is 13.0. The molecular formula is C19H21ClN2O. The second-order valence-corrected chi connectivity index (χ2v) is 6.13. The van der Waals surface area contributed by atoms with Gasteiger partial charge < -0.3 is 10.6 Å². The quantitative estimate of drug-likeness (QED) is 0.878. The van der Waals surface area contributed by atoms with Crippen molar-refractivity contribution < 1.29 is 4.79 Å². The third-order valence-corrected chi connectivity index (χ3v) is 4.78. The smallest absolute Gasteiger partial charge is 0.252 e. The van der Waals surface area contributed by atoms with E-state index in [0.717, 1.165) is 49.0 Å². The van der Waals surface area contributed by atoms with E-state index < -0.39 is 0 Å². The van der Waals surface area contributed by atoms with Crippen molar-refractivity contribution in [3.8, 4) is 0 Å². The van der Waals surface area contributed by atoms with Crippen LogP contribution in [0.4, 0.5) is 5.69 Å². The number of amides is 1. The second kappa shape index (κ2) is 6.63. The molecule has 1 amide bonds. The van der Waals surface area contributed by atoms with Crippen molar-refractivity contribution in [2.45, 2.75) is 31.7 Å². The molecule has 0 aromatic heterocycles. The Morgan fingerprint density at radius 3 is 2.87 bits per heavy atom. The van der Waals surface area contributed by atoms with Crippen LogP contribution in [0.2, 0.25) is 0 Å². The summed E-state index contributed by atoms with van der Waals surface area (Å²) in [7, 11) is 0. The largest absolute Gasteiger partial charge is 0.385 e. The molecule has 2 aromatic carbocycles. The molecule has 4 heteroatoms. The normalized spacial score (nSPS) is 18.2. The highest BCUT2D eigenvalue weighted by Gasteiger charge is 2.25. The maximum atomic E-state index is 12.7. The molecule has 0 saturated carbocycles. The highest BCUT2D eigenvalue weighted by Crippen LogP contribution is 2.32. The topological polar surface area (TPSA) is 41.1 Å². The zero-order chi connectivity index (χ0) is 14.9. The van der Waals surface area contributed by atoms with Crippen molar-refractivity contribution in [3.05, 3.63) is 64.7 Å². The summed E-state index contributed by atoms with van der Waals surface area (Å²) in [5.41, 5.74) is 5.75. The van der Waals surface area contributed by atoms with E-state index in [1.807, 2.05) is 12.1 Å². The van der Waals surface area contributed by atoms with E-state index in [1.165, 1.54) is 11.1 Å². The van der Waals surface area contributed by atoms with Crippen LogP contribution in [0.1, 0.15) is 45.9 Å². The Morgan fingerprint density at radius 1 is 1.09 bits per heavy atom. The molecule has 1 heterocycles. The Balaban J connectivity index is 0.00000156. The Hall–Kier alpha value is -2.00. The van der Waals surface area contributed by atoms with Gasteiger partial charge in [0.15, 0.2) is 0 Å². The summed E-state index contributed by atoms with van der Waals surface area (Å²) in [4.78, 5) is 12.7. The molecule has 2 N–H and O–H groups in total. The molecule has 0 saturated heterocycles. The van der Waals surface area contributed by atoms with Gasteiger partial charge >= 0.3 is 0 Å². The van der Waals surface area contributed by atoms with Crippen LogP contribution in [0, 0.1) is 0 Å². The lowest BCUT2D eigenvalue weighted by atomic mass is 9.96. The lowest BCUT2D eigenvalue weighted by molar-refractivity contribution is 0.0935. The van der Waals surface area contributed by atoms with Crippen LogP contribution in [-0.4, -0.2) is 12.5 Å². The number of fused-ring (bicyclic) bond motifs is 2. The van der Waals surface area contributed by atoms with Crippen LogP contribution >= 0.6 is 12.4 Å². The van der Waals surface area contributed by atoms with Gasteiger partial charge in [-0.15, -0.1) is 12.4 Å².